The van der Waals surface area contributed by atoms with Crippen LogP contribution in [-0.4, -0.2) is 11.1 Å². The van der Waals surface area contributed by atoms with E-state index in [9.17, 15) is 9.90 Å². The Morgan fingerprint density at radius 2 is 1.67 bits per heavy atom. The summed E-state index contributed by atoms with van der Waals surface area (Å²) in [6, 6.07) is 11.2. The van der Waals surface area contributed by atoms with Crippen molar-refractivity contribution in [2.75, 3.05) is 11.5 Å². The van der Waals surface area contributed by atoms with Gasteiger partial charge in [0.05, 0.1) is 5.56 Å². The van der Waals surface area contributed by atoms with Gasteiger partial charge in [0, 0.05) is 22.5 Å². The number of unbranched alkanes of at least 4 members (excludes halogenated alkanes) is 4. The van der Waals surface area contributed by atoms with Crippen LogP contribution >= 0.6 is 0 Å². The van der Waals surface area contributed by atoms with Gasteiger partial charge < -0.3 is 16.6 Å². The van der Waals surface area contributed by atoms with Gasteiger partial charge in [-0.2, -0.15) is 0 Å². The Bertz CT molecular complexity index is 840. The van der Waals surface area contributed by atoms with Crippen molar-refractivity contribution in [3.05, 3.63) is 47.5 Å². The molecular weight excluding hydrogens is 372 g/mol. The molecule has 4 nitrogen and oxygen atoms in total. The number of benzene rings is 2. The lowest BCUT2D eigenvalue weighted by Gasteiger charge is -2.31. The third kappa shape index (κ3) is 5.16. The zero-order chi connectivity index (χ0) is 21.5. The summed E-state index contributed by atoms with van der Waals surface area (Å²) in [5, 5.41) is 9.74. The molecule has 0 unspecified atom stereocenters. The lowest BCUT2D eigenvalue weighted by Crippen LogP contribution is -2.17. The molecule has 0 spiro atoms. The van der Waals surface area contributed by atoms with E-state index in [0.29, 0.717) is 22.9 Å². The summed E-state index contributed by atoms with van der Waals surface area (Å²) >= 11 is 0. The molecule has 0 atom stereocenters. The quantitative estimate of drug-likeness (QED) is 0.312. The molecular formula is C26H36N2O2. The lowest BCUT2D eigenvalue weighted by atomic mass is 9.75. The predicted molar refractivity (Wildman–Crippen MR) is 126 cm³/mol. The lowest BCUT2D eigenvalue weighted by molar-refractivity contribution is 0.0698. The van der Waals surface area contributed by atoms with E-state index in [2.05, 4.69) is 6.92 Å². The highest BCUT2D eigenvalue weighted by molar-refractivity contribution is 6.02. The van der Waals surface area contributed by atoms with Crippen LogP contribution in [0.4, 0.5) is 11.4 Å². The smallest absolute Gasteiger partial charge is 0.336 e. The Balaban J connectivity index is 1.76. The van der Waals surface area contributed by atoms with Crippen molar-refractivity contribution >= 4 is 17.3 Å². The van der Waals surface area contributed by atoms with E-state index in [-0.39, 0.29) is 5.56 Å². The molecule has 4 heteroatoms. The standard InChI is InChI=1S/C26H36N2O2/c1-2-3-4-5-7-10-18-13-15-20(16-14-18)24-22(27)17-21(26(29)30)23(25(24)28)19-11-8-6-9-12-19/h6,8-9,11-12,17-18,20H,2-5,7,10,13-16,27-28H2,1H3,(H,29,30). The van der Waals surface area contributed by atoms with E-state index < -0.39 is 5.97 Å². The minimum absolute atomic E-state index is 0.181. The fourth-order valence-corrected chi connectivity index (χ4v) is 5.06. The van der Waals surface area contributed by atoms with Gasteiger partial charge in [-0.05, 0) is 49.1 Å². The van der Waals surface area contributed by atoms with Crippen LogP contribution in [0.1, 0.15) is 93.0 Å². The highest BCUT2D eigenvalue weighted by atomic mass is 16.4. The van der Waals surface area contributed by atoms with Crippen LogP contribution in [-0.2, 0) is 0 Å². The van der Waals surface area contributed by atoms with Gasteiger partial charge >= 0.3 is 5.97 Å². The Labute approximate surface area is 180 Å². The summed E-state index contributed by atoms with van der Waals surface area (Å²) in [4.78, 5) is 11.9. The van der Waals surface area contributed by atoms with Crippen molar-refractivity contribution in [3.8, 4) is 11.1 Å². The molecule has 162 valence electrons. The normalized spacial score (nSPS) is 19.0. The molecule has 0 aromatic heterocycles. The maximum Gasteiger partial charge on any atom is 0.336 e. The third-order valence-electron chi connectivity index (χ3n) is 6.70. The van der Waals surface area contributed by atoms with E-state index in [4.69, 9.17) is 11.5 Å². The van der Waals surface area contributed by atoms with Crippen LogP contribution in [0, 0.1) is 5.92 Å². The van der Waals surface area contributed by atoms with Gasteiger partial charge in [-0.15, -0.1) is 0 Å². The first-order chi connectivity index (χ1) is 14.5. The number of hydrogen-bond acceptors (Lipinski definition) is 3. The van der Waals surface area contributed by atoms with Crippen molar-refractivity contribution in [1.29, 1.82) is 0 Å². The molecule has 1 aliphatic rings. The Hall–Kier alpha value is -2.49. The molecule has 1 fully saturated rings. The summed E-state index contributed by atoms with van der Waals surface area (Å²) in [5.41, 5.74) is 16.6. The largest absolute Gasteiger partial charge is 0.478 e. The van der Waals surface area contributed by atoms with Crippen LogP contribution in [0.5, 0.6) is 0 Å². The zero-order valence-corrected chi connectivity index (χ0v) is 18.2. The number of hydrogen-bond donors (Lipinski definition) is 3. The maximum absolute atomic E-state index is 11.9. The first-order valence-electron chi connectivity index (χ1n) is 11.5. The SMILES string of the molecule is CCCCCCCC1CCC(c2c(N)cc(C(=O)O)c(-c3ccccc3)c2N)CC1. The molecule has 1 saturated carbocycles. The molecule has 2 aromatic carbocycles. The number of rotatable bonds is 9. The van der Waals surface area contributed by atoms with Crippen molar-refractivity contribution in [2.45, 2.75) is 77.0 Å². The molecule has 1 aliphatic carbocycles. The van der Waals surface area contributed by atoms with E-state index in [1.54, 1.807) is 6.07 Å². The number of anilines is 2. The minimum atomic E-state index is -0.995. The van der Waals surface area contributed by atoms with Gasteiger partial charge in [0.25, 0.3) is 0 Å². The van der Waals surface area contributed by atoms with Gasteiger partial charge in [0.15, 0.2) is 0 Å². The van der Waals surface area contributed by atoms with Gasteiger partial charge in [0.1, 0.15) is 0 Å². The topological polar surface area (TPSA) is 89.3 Å². The first-order valence-corrected chi connectivity index (χ1v) is 11.5. The van der Waals surface area contributed by atoms with Gasteiger partial charge in [0.2, 0.25) is 0 Å². The third-order valence-corrected chi connectivity index (χ3v) is 6.70. The Morgan fingerprint density at radius 1 is 1.00 bits per heavy atom. The van der Waals surface area contributed by atoms with Crippen molar-refractivity contribution < 1.29 is 9.90 Å². The van der Waals surface area contributed by atoms with Crippen LogP contribution in [0.2, 0.25) is 0 Å². The fraction of sp³-hybridized carbons (Fsp3) is 0.500. The number of carboxylic acid groups (broad SMARTS) is 1. The van der Waals surface area contributed by atoms with Crippen molar-refractivity contribution in [3.63, 3.8) is 0 Å². The second kappa shape index (κ2) is 10.5. The summed E-state index contributed by atoms with van der Waals surface area (Å²) in [6.07, 6.45) is 12.6. The number of nitrogen functional groups attached to an aromatic ring is 2. The fourth-order valence-electron chi connectivity index (χ4n) is 5.06. The van der Waals surface area contributed by atoms with E-state index in [0.717, 1.165) is 29.9 Å². The first kappa shape index (κ1) is 22.2. The molecule has 5 N–H and O–H groups in total. The van der Waals surface area contributed by atoms with Gasteiger partial charge in [-0.1, -0.05) is 75.8 Å². The molecule has 0 bridgehead atoms. The van der Waals surface area contributed by atoms with Gasteiger partial charge in [-0.3, -0.25) is 0 Å². The van der Waals surface area contributed by atoms with Crippen LogP contribution in [0.3, 0.4) is 0 Å². The molecule has 2 aromatic rings. The maximum atomic E-state index is 11.9. The Kier molecular flexibility index (Phi) is 7.78. The van der Waals surface area contributed by atoms with E-state index in [1.165, 1.54) is 51.4 Å². The van der Waals surface area contributed by atoms with E-state index >= 15 is 0 Å². The van der Waals surface area contributed by atoms with Crippen LogP contribution in [0.25, 0.3) is 11.1 Å². The molecule has 0 saturated heterocycles. The predicted octanol–water partition coefficient (Wildman–Crippen LogP) is 6.85. The monoisotopic (exact) mass is 408 g/mol. The highest BCUT2D eigenvalue weighted by Crippen LogP contribution is 2.45. The highest BCUT2D eigenvalue weighted by Gasteiger charge is 2.28. The van der Waals surface area contributed by atoms with Gasteiger partial charge in [-0.25, -0.2) is 4.79 Å². The summed E-state index contributed by atoms with van der Waals surface area (Å²) in [6.45, 7) is 2.25. The average molecular weight is 409 g/mol. The summed E-state index contributed by atoms with van der Waals surface area (Å²) in [7, 11) is 0. The number of carbonyl (C=O) groups is 1. The zero-order valence-electron chi connectivity index (χ0n) is 18.2. The second-order valence-electron chi connectivity index (χ2n) is 8.81. The molecule has 0 aliphatic heterocycles. The number of carboxylic acids is 1. The van der Waals surface area contributed by atoms with Crippen molar-refractivity contribution in [2.24, 2.45) is 5.92 Å². The summed E-state index contributed by atoms with van der Waals surface area (Å²) in [5.74, 6) is 0.120. The number of aromatic carboxylic acids is 1. The van der Waals surface area contributed by atoms with Crippen molar-refractivity contribution in [1.82, 2.24) is 0 Å². The average Bonchev–Trinajstić information content (AvgIpc) is 2.75. The molecule has 30 heavy (non-hydrogen) atoms. The minimum Gasteiger partial charge on any atom is -0.478 e. The van der Waals surface area contributed by atoms with Crippen LogP contribution < -0.4 is 11.5 Å². The molecule has 3 rings (SSSR count). The number of nitrogens with two attached hydrogens (primary N) is 2. The summed E-state index contributed by atoms with van der Waals surface area (Å²) < 4.78 is 0. The molecule has 0 amide bonds. The Morgan fingerprint density at radius 3 is 2.30 bits per heavy atom. The molecule has 0 heterocycles. The second-order valence-corrected chi connectivity index (χ2v) is 8.81. The molecule has 0 radical (unpaired) electrons. The van der Waals surface area contributed by atoms with E-state index in [1.807, 2.05) is 30.3 Å². The van der Waals surface area contributed by atoms with Crippen LogP contribution in [0.15, 0.2) is 36.4 Å².